The number of sulfonamides is 1. The highest BCUT2D eigenvalue weighted by atomic mass is 32.2. The fourth-order valence-corrected chi connectivity index (χ4v) is 3.24. The number of carbonyl (C=O) groups excluding carboxylic acids is 1. The Labute approximate surface area is 113 Å². The number of nitrogens with zero attached hydrogens (tertiary/aromatic N) is 1. The van der Waals surface area contributed by atoms with E-state index >= 15 is 0 Å². The second-order valence-corrected chi connectivity index (χ2v) is 7.94. The fraction of sp³-hybridized carbons (Fsp3) is 0.583. The van der Waals surface area contributed by atoms with Crippen LogP contribution in [0.2, 0.25) is 0 Å². The van der Waals surface area contributed by atoms with Crippen LogP contribution in [0.5, 0.6) is 0 Å². The van der Waals surface area contributed by atoms with Crippen LogP contribution in [0.25, 0.3) is 0 Å². The highest BCUT2D eigenvalue weighted by molar-refractivity contribution is 7.90. The summed E-state index contributed by atoms with van der Waals surface area (Å²) >= 11 is 1.65. The summed E-state index contributed by atoms with van der Waals surface area (Å²) in [6.07, 6.45) is 1.76. The van der Waals surface area contributed by atoms with E-state index in [1.807, 2.05) is 17.5 Å². The largest absolute Gasteiger partial charge is 0.274 e. The lowest BCUT2D eigenvalue weighted by Gasteiger charge is -2.19. The highest BCUT2D eigenvalue weighted by Gasteiger charge is 2.25. The van der Waals surface area contributed by atoms with E-state index in [9.17, 15) is 13.2 Å². The van der Waals surface area contributed by atoms with E-state index in [1.54, 1.807) is 25.2 Å². The minimum Gasteiger partial charge on any atom is -0.274 e. The molecule has 0 saturated heterocycles. The third-order valence-electron chi connectivity index (χ3n) is 2.72. The van der Waals surface area contributed by atoms with E-state index < -0.39 is 15.3 Å². The molecule has 0 radical (unpaired) electrons. The molecule has 0 bridgehead atoms. The van der Waals surface area contributed by atoms with Gasteiger partial charge in [-0.3, -0.25) is 4.79 Å². The first kappa shape index (κ1) is 15.2. The molecule has 1 amide bonds. The molecule has 0 N–H and O–H groups in total. The molecular weight excluding hydrogens is 270 g/mol. The van der Waals surface area contributed by atoms with Crippen LogP contribution in [-0.2, 0) is 21.2 Å². The van der Waals surface area contributed by atoms with Crippen molar-refractivity contribution in [2.75, 3.05) is 7.05 Å². The molecule has 0 aliphatic heterocycles. The van der Waals surface area contributed by atoms with Crippen molar-refractivity contribution < 1.29 is 13.2 Å². The number of thiophene rings is 1. The Hall–Kier alpha value is -0.880. The van der Waals surface area contributed by atoms with E-state index in [4.69, 9.17) is 0 Å². The van der Waals surface area contributed by atoms with Crippen molar-refractivity contribution in [1.82, 2.24) is 4.31 Å². The summed E-state index contributed by atoms with van der Waals surface area (Å²) in [4.78, 5) is 13.0. The van der Waals surface area contributed by atoms with Crippen LogP contribution >= 0.6 is 11.3 Å². The monoisotopic (exact) mass is 289 g/mol. The zero-order valence-corrected chi connectivity index (χ0v) is 12.6. The molecule has 0 aliphatic rings. The Bertz CT molecular complexity index is 477. The van der Waals surface area contributed by atoms with E-state index in [0.29, 0.717) is 6.42 Å². The molecule has 4 nitrogen and oxygen atoms in total. The summed E-state index contributed by atoms with van der Waals surface area (Å²) in [5.41, 5.74) is 0. The zero-order chi connectivity index (χ0) is 13.8. The summed E-state index contributed by atoms with van der Waals surface area (Å²) in [6.45, 7) is 3.15. The average Bonchev–Trinajstić information content (AvgIpc) is 2.80. The Morgan fingerprint density at radius 1 is 1.44 bits per heavy atom. The zero-order valence-electron chi connectivity index (χ0n) is 10.9. The van der Waals surface area contributed by atoms with Crippen molar-refractivity contribution in [1.29, 1.82) is 0 Å². The van der Waals surface area contributed by atoms with Crippen LogP contribution in [0.15, 0.2) is 17.5 Å². The van der Waals surface area contributed by atoms with Gasteiger partial charge in [0.05, 0.1) is 5.25 Å². The van der Waals surface area contributed by atoms with Crippen molar-refractivity contribution >= 4 is 27.3 Å². The minimum absolute atomic E-state index is 0.264. The molecule has 0 fully saturated rings. The van der Waals surface area contributed by atoms with Crippen LogP contribution < -0.4 is 0 Å². The number of aryl methyl sites for hydroxylation is 1. The molecular formula is C12H19NO3S2. The van der Waals surface area contributed by atoms with E-state index in [-0.39, 0.29) is 12.3 Å². The van der Waals surface area contributed by atoms with Gasteiger partial charge >= 0.3 is 0 Å². The van der Waals surface area contributed by atoms with Crippen LogP contribution in [-0.4, -0.2) is 30.9 Å². The second-order valence-electron chi connectivity index (χ2n) is 4.39. The third kappa shape index (κ3) is 3.81. The first-order chi connectivity index (χ1) is 8.35. The molecule has 0 aromatic carbocycles. The lowest BCUT2D eigenvalue weighted by atomic mass is 10.2. The van der Waals surface area contributed by atoms with Gasteiger partial charge in [0.25, 0.3) is 0 Å². The fourth-order valence-electron chi connectivity index (χ4n) is 1.48. The Kier molecular flexibility index (Phi) is 5.34. The minimum atomic E-state index is -3.47. The quantitative estimate of drug-likeness (QED) is 0.807. The standard InChI is InChI=1S/C12H19NO3S2/c1-10(2)18(15,16)13(3)12(14)8-4-6-11-7-5-9-17-11/h5,7,9-10H,4,6,8H2,1-3H3. The van der Waals surface area contributed by atoms with Gasteiger partial charge in [-0.2, -0.15) is 0 Å². The van der Waals surface area contributed by atoms with Gasteiger partial charge in [-0.1, -0.05) is 6.07 Å². The van der Waals surface area contributed by atoms with Gasteiger partial charge in [0, 0.05) is 18.3 Å². The van der Waals surface area contributed by atoms with Gasteiger partial charge in [-0.25, -0.2) is 12.7 Å². The lowest BCUT2D eigenvalue weighted by Crippen LogP contribution is -2.37. The maximum absolute atomic E-state index is 11.8. The molecule has 0 atom stereocenters. The number of rotatable bonds is 6. The van der Waals surface area contributed by atoms with Crippen LogP contribution in [0.1, 0.15) is 31.6 Å². The predicted octanol–water partition coefficient (Wildman–Crippen LogP) is 2.27. The van der Waals surface area contributed by atoms with Crippen molar-refractivity contribution in [2.45, 2.75) is 38.4 Å². The van der Waals surface area contributed by atoms with E-state index in [1.165, 1.54) is 11.9 Å². The Balaban J connectivity index is 2.46. The SMILES string of the molecule is CC(C)S(=O)(=O)N(C)C(=O)CCCc1cccs1. The van der Waals surface area contributed by atoms with Gasteiger partial charge in [-0.15, -0.1) is 11.3 Å². The number of hydrogen-bond donors (Lipinski definition) is 0. The van der Waals surface area contributed by atoms with Gasteiger partial charge in [-0.05, 0) is 38.1 Å². The first-order valence-electron chi connectivity index (χ1n) is 5.88. The number of hydrogen-bond acceptors (Lipinski definition) is 4. The van der Waals surface area contributed by atoms with Crippen LogP contribution in [0.3, 0.4) is 0 Å². The van der Waals surface area contributed by atoms with Crippen molar-refractivity contribution in [3.05, 3.63) is 22.4 Å². The topological polar surface area (TPSA) is 54.5 Å². The molecule has 0 aliphatic carbocycles. The molecule has 0 saturated carbocycles. The summed E-state index contributed by atoms with van der Waals surface area (Å²) in [5.74, 6) is -0.333. The average molecular weight is 289 g/mol. The molecule has 6 heteroatoms. The maximum atomic E-state index is 11.8. The summed E-state index contributed by atoms with van der Waals surface area (Å²) in [5, 5.41) is 1.43. The van der Waals surface area contributed by atoms with E-state index in [0.717, 1.165) is 10.7 Å². The molecule has 18 heavy (non-hydrogen) atoms. The molecule has 1 aromatic heterocycles. The normalized spacial score (nSPS) is 11.8. The van der Waals surface area contributed by atoms with Gasteiger partial charge in [0.2, 0.25) is 15.9 Å². The Morgan fingerprint density at radius 2 is 2.11 bits per heavy atom. The number of amides is 1. The van der Waals surface area contributed by atoms with Crippen molar-refractivity contribution in [2.24, 2.45) is 0 Å². The van der Waals surface area contributed by atoms with Gasteiger partial charge in [0.1, 0.15) is 0 Å². The lowest BCUT2D eigenvalue weighted by molar-refractivity contribution is -0.125. The Morgan fingerprint density at radius 3 is 2.61 bits per heavy atom. The predicted molar refractivity (Wildman–Crippen MR) is 74.1 cm³/mol. The number of carbonyl (C=O) groups is 1. The molecule has 102 valence electrons. The molecule has 1 rings (SSSR count). The van der Waals surface area contributed by atoms with Gasteiger partial charge in [0.15, 0.2) is 0 Å². The van der Waals surface area contributed by atoms with Gasteiger partial charge < -0.3 is 0 Å². The summed E-state index contributed by atoms with van der Waals surface area (Å²) in [7, 11) is -2.14. The second kappa shape index (κ2) is 6.33. The highest BCUT2D eigenvalue weighted by Crippen LogP contribution is 2.14. The van der Waals surface area contributed by atoms with Crippen molar-refractivity contribution in [3.63, 3.8) is 0 Å². The molecule has 0 unspecified atom stereocenters. The van der Waals surface area contributed by atoms with Crippen LogP contribution in [0, 0.1) is 0 Å². The summed E-state index contributed by atoms with van der Waals surface area (Å²) < 4.78 is 24.4. The van der Waals surface area contributed by atoms with E-state index in [2.05, 4.69) is 0 Å². The van der Waals surface area contributed by atoms with Crippen molar-refractivity contribution in [3.8, 4) is 0 Å². The third-order valence-corrected chi connectivity index (χ3v) is 5.82. The van der Waals surface area contributed by atoms with Crippen LogP contribution in [0.4, 0.5) is 0 Å². The maximum Gasteiger partial charge on any atom is 0.239 e. The first-order valence-corrected chi connectivity index (χ1v) is 8.27. The molecule has 1 aromatic rings. The molecule has 1 heterocycles. The molecule has 0 spiro atoms. The summed E-state index contributed by atoms with van der Waals surface area (Å²) in [6, 6.07) is 3.99. The smallest absolute Gasteiger partial charge is 0.239 e.